The van der Waals surface area contributed by atoms with Gasteiger partial charge in [0.1, 0.15) is 0 Å². The van der Waals surface area contributed by atoms with Crippen molar-refractivity contribution >= 4 is 48.3 Å². The SMILES string of the molecule is CN(CC(=O)N1CCCN(c2nccs2)CC1)S(=O)(=O)c1ccc(Br)cc1. The van der Waals surface area contributed by atoms with Crippen LogP contribution >= 0.6 is 27.3 Å². The van der Waals surface area contributed by atoms with Crippen molar-refractivity contribution in [1.82, 2.24) is 14.2 Å². The maximum atomic E-state index is 12.7. The Labute approximate surface area is 171 Å². The number of nitrogens with zero attached hydrogens (tertiary/aromatic N) is 4. The zero-order valence-electron chi connectivity index (χ0n) is 14.9. The van der Waals surface area contributed by atoms with E-state index < -0.39 is 10.0 Å². The summed E-state index contributed by atoms with van der Waals surface area (Å²) in [7, 11) is -2.26. The number of carbonyl (C=O) groups excluding carboxylic acids is 1. The van der Waals surface area contributed by atoms with Gasteiger partial charge in [-0.15, -0.1) is 11.3 Å². The van der Waals surface area contributed by atoms with Crippen LogP contribution in [0.3, 0.4) is 0 Å². The van der Waals surface area contributed by atoms with Gasteiger partial charge in [-0.25, -0.2) is 13.4 Å². The van der Waals surface area contributed by atoms with Gasteiger partial charge in [-0.1, -0.05) is 15.9 Å². The van der Waals surface area contributed by atoms with Crippen LogP contribution in [-0.2, 0) is 14.8 Å². The second-order valence-corrected chi connectivity index (χ2v) is 10.1. The fraction of sp³-hybridized carbons (Fsp3) is 0.412. The minimum Gasteiger partial charge on any atom is -0.346 e. The summed E-state index contributed by atoms with van der Waals surface area (Å²) in [6.45, 7) is 2.54. The number of sulfonamides is 1. The number of rotatable bonds is 5. The topological polar surface area (TPSA) is 73.8 Å². The van der Waals surface area contributed by atoms with Crippen LogP contribution in [0.5, 0.6) is 0 Å². The molecular formula is C17H21BrN4O3S2. The summed E-state index contributed by atoms with van der Waals surface area (Å²) in [6, 6.07) is 6.39. The molecule has 0 radical (unpaired) electrons. The van der Waals surface area contributed by atoms with Crippen LogP contribution in [-0.4, -0.2) is 68.3 Å². The molecule has 27 heavy (non-hydrogen) atoms. The smallest absolute Gasteiger partial charge is 0.243 e. The Hall–Kier alpha value is -1.49. The molecule has 1 amide bonds. The molecule has 0 aliphatic carbocycles. The van der Waals surface area contributed by atoms with Gasteiger partial charge in [-0.05, 0) is 30.7 Å². The fourth-order valence-electron chi connectivity index (χ4n) is 2.89. The van der Waals surface area contributed by atoms with Crippen molar-refractivity contribution in [3.05, 3.63) is 40.3 Å². The van der Waals surface area contributed by atoms with Crippen LogP contribution in [0.2, 0.25) is 0 Å². The number of anilines is 1. The monoisotopic (exact) mass is 472 g/mol. The van der Waals surface area contributed by atoms with E-state index in [1.165, 1.54) is 19.2 Å². The third-order valence-electron chi connectivity index (χ3n) is 4.42. The lowest BCUT2D eigenvalue weighted by atomic mass is 10.4. The van der Waals surface area contributed by atoms with Crippen molar-refractivity contribution in [3.8, 4) is 0 Å². The first-order chi connectivity index (χ1) is 12.9. The standard InChI is InChI=1S/C17H21BrN4O3S2/c1-20(27(24,25)15-5-3-14(18)4-6-15)13-16(23)21-8-2-9-22(11-10-21)17-19-7-12-26-17/h3-7,12H,2,8-11,13H2,1H3. The predicted octanol–water partition coefficient (Wildman–Crippen LogP) is 2.26. The number of carbonyl (C=O) groups is 1. The zero-order valence-corrected chi connectivity index (χ0v) is 18.1. The molecule has 1 fully saturated rings. The van der Waals surface area contributed by atoms with Gasteiger partial charge in [0.25, 0.3) is 0 Å². The molecule has 0 atom stereocenters. The van der Waals surface area contributed by atoms with E-state index in [9.17, 15) is 13.2 Å². The number of thiazole rings is 1. The van der Waals surface area contributed by atoms with E-state index in [0.29, 0.717) is 19.6 Å². The van der Waals surface area contributed by atoms with E-state index in [2.05, 4.69) is 25.8 Å². The third-order valence-corrected chi connectivity index (χ3v) is 7.60. The van der Waals surface area contributed by atoms with E-state index in [4.69, 9.17) is 0 Å². The summed E-state index contributed by atoms with van der Waals surface area (Å²) in [4.78, 5) is 21.1. The largest absolute Gasteiger partial charge is 0.346 e. The Morgan fingerprint density at radius 1 is 1.22 bits per heavy atom. The quantitative estimate of drug-likeness (QED) is 0.666. The minimum absolute atomic E-state index is 0.171. The number of aromatic nitrogens is 1. The Bertz CT molecular complexity index is 872. The molecule has 10 heteroatoms. The molecule has 7 nitrogen and oxygen atoms in total. The zero-order chi connectivity index (χ0) is 19.4. The molecule has 1 aliphatic rings. The first-order valence-electron chi connectivity index (χ1n) is 8.52. The lowest BCUT2D eigenvalue weighted by Crippen LogP contribution is -2.42. The van der Waals surface area contributed by atoms with Crippen LogP contribution < -0.4 is 4.90 Å². The van der Waals surface area contributed by atoms with E-state index in [1.54, 1.807) is 34.6 Å². The highest BCUT2D eigenvalue weighted by molar-refractivity contribution is 9.10. The molecule has 3 rings (SSSR count). The molecule has 0 unspecified atom stereocenters. The lowest BCUT2D eigenvalue weighted by molar-refractivity contribution is -0.131. The van der Waals surface area contributed by atoms with Crippen molar-refractivity contribution < 1.29 is 13.2 Å². The van der Waals surface area contributed by atoms with Gasteiger partial charge >= 0.3 is 0 Å². The summed E-state index contributed by atoms with van der Waals surface area (Å²) >= 11 is 4.87. The third kappa shape index (κ3) is 4.87. The van der Waals surface area contributed by atoms with Crippen LogP contribution in [0.1, 0.15) is 6.42 Å². The number of halogens is 1. The highest BCUT2D eigenvalue weighted by atomic mass is 79.9. The summed E-state index contributed by atoms with van der Waals surface area (Å²) in [5.41, 5.74) is 0. The van der Waals surface area contributed by atoms with Gasteiger partial charge in [0.05, 0.1) is 11.4 Å². The van der Waals surface area contributed by atoms with E-state index in [0.717, 1.165) is 26.9 Å². The van der Waals surface area contributed by atoms with Crippen molar-refractivity contribution in [1.29, 1.82) is 0 Å². The van der Waals surface area contributed by atoms with Gasteiger partial charge in [0, 0.05) is 49.3 Å². The number of hydrogen-bond acceptors (Lipinski definition) is 6. The number of benzene rings is 1. The summed E-state index contributed by atoms with van der Waals surface area (Å²) < 4.78 is 27.2. The Balaban J connectivity index is 1.61. The number of amides is 1. The number of likely N-dealkylation sites (N-methyl/N-ethyl adjacent to an activating group) is 1. The van der Waals surface area contributed by atoms with E-state index in [1.807, 2.05) is 5.38 Å². The highest BCUT2D eigenvalue weighted by Gasteiger charge is 2.26. The maximum Gasteiger partial charge on any atom is 0.243 e. The summed E-state index contributed by atoms with van der Waals surface area (Å²) in [6.07, 6.45) is 2.60. The fourth-order valence-corrected chi connectivity index (χ4v) is 4.97. The molecule has 0 spiro atoms. The second-order valence-electron chi connectivity index (χ2n) is 6.25. The maximum absolute atomic E-state index is 12.7. The van der Waals surface area contributed by atoms with Gasteiger partial charge < -0.3 is 9.80 Å². The number of hydrogen-bond donors (Lipinski definition) is 0. The Morgan fingerprint density at radius 3 is 2.63 bits per heavy atom. The molecule has 146 valence electrons. The molecule has 0 N–H and O–H groups in total. The van der Waals surface area contributed by atoms with Crippen molar-refractivity contribution in [2.45, 2.75) is 11.3 Å². The molecule has 1 aliphatic heterocycles. The van der Waals surface area contributed by atoms with Gasteiger partial charge in [0.2, 0.25) is 15.9 Å². The van der Waals surface area contributed by atoms with Crippen LogP contribution in [0.4, 0.5) is 5.13 Å². The van der Waals surface area contributed by atoms with Gasteiger partial charge in [-0.2, -0.15) is 4.31 Å². The summed E-state index contributed by atoms with van der Waals surface area (Å²) in [5, 5.41) is 2.89. The van der Waals surface area contributed by atoms with Gasteiger partial charge in [0.15, 0.2) is 5.13 Å². The molecule has 1 aromatic carbocycles. The average Bonchev–Trinajstić information content (AvgIpc) is 3.06. The van der Waals surface area contributed by atoms with Crippen LogP contribution in [0, 0.1) is 0 Å². The van der Waals surface area contributed by atoms with Crippen molar-refractivity contribution in [2.24, 2.45) is 0 Å². The van der Waals surface area contributed by atoms with Crippen LogP contribution in [0.25, 0.3) is 0 Å². The molecule has 1 aromatic heterocycles. The van der Waals surface area contributed by atoms with Crippen molar-refractivity contribution in [3.63, 3.8) is 0 Å². The van der Waals surface area contributed by atoms with Crippen LogP contribution in [0.15, 0.2) is 45.2 Å². The Kier molecular flexibility index (Phi) is 6.51. The predicted molar refractivity (Wildman–Crippen MR) is 109 cm³/mol. The van der Waals surface area contributed by atoms with Gasteiger partial charge in [-0.3, -0.25) is 4.79 Å². The Morgan fingerprint density at radius 2 is 1.96 bits per heavy atom. The molecule has 2 aromatic rings. The first-order valence-corrected chi connectivity index (χ1v) is 11.6. The van der Waals surface area contributed by atoms with E-state index in [-0.39, 0.29) is 17.3 Å². The molecule has 0 bridgehead atoms. The molecule has 0 saturated carbocycles. The summed E-state index contributed by atoms with van der Waals surface area (Å²) in [5.74, 6) is -0.181. The lowest BCUT2D eigenvalue weighted by Gasteiger charge is -2.24. The second kappa shape index (κ2) is 8.68. The first kappa shape index (κ1) is 20.2. The highest BCUT2D eigenvalue weighted by Crippen LogP contribution is 2.20. The minimum atomic E-state index is -3.70. The normalized spacial score (nSPS) is 15.8. The average molecular weight is 473 g/mol. The van der Waals surface area contributed by atoms with E-state index >= 15 is 0 Å². The molecular weight excluding hydrogens is 452 g/mol. The van der Waals surface area contributed by atoms with Crippen molar-refractivity contribution in [2.75, 3.05) is 44.7 Å². The molecule has 2 heterocycles. The molecule has 1 saturated heterocycles.